The van der Waals surface area contributed by atoms with Crippen LogP contribution in [0.25, 0.3) is 11.0 Å². The summed E-state index contributed by atoms with van der Waals surface area (Å²) in [6.45, 7) is 1.63. The Morgan fingerprint density at radius 3 is 2.75 bits per heavy atom. The Balaban J connectivity index is 1.39. The van der Waals surface area contributed by atoms with Crippen LogP contribution in [0, 0.1) is 12.8 Å². The van der Waals surface area contributed by atoms with Gasteiger partial charge >= 0.3 is 6.18 Å². The molecule has 0 radical (unpaired) electrons. The fourth-order valence-electron chi connectivity index (χ4n) is 4.14. The van der Waals surface area contributed by atoms with Gasteiger partial charge in [0.05, 0.1) is 16.5 Å². The van der Waals surface area contributed by atoms with Gasteiger partial charge in [-0.2, -0.15) is 13.2 Å². The maximum absolute atomic E-state index is 13.2. The summed E-state index contributed by atoms with van der Waals surface area (Å²) in [6, 6.07) is 8.04. The van der Waals surface area contributed by atoms with Crippen molar-refractivity contribution in [1.82, 2.24) is 9.71 Å². The van der Waals surface area contributed by atoms with E-state index in [2.05, 4.69) is 9.71 Å². The van der Waals surface area contributed by atoms with Gasteiger partial charge in [0.25, 0.3) is 0 Å². The molecule has 1 N–H and O–H groups in total. The predicted octanol–water partition coefficient (Wildman–Crippen LogP) is 5.39. The Morgan fingerprint density at radius 1 is 1.28 bits per heavy atom. The third kappa shape index (κ3) is 4.28. The molecule has 1 atom stereocenters. The lowest BCUT2D eigenvalue weighted by Crippen LogP contribution is -2.32. The molecule has 2 fully saturated rings. The number of hydrogen-bond donors (Lipinski definition) is 1. The van der Waals surface area contributed by atoms with E-state index in [0.29, 0.717) is 23.0 Å². The number of pyridine rings is 1. The highest BCUT2D eigenvalue weighted by molar-refractivity contribution is 7.83. The molecule has 2 heterocycles. The number of halogens is 3. The fraction of sp³-hybridized carbons (Fsp3) is 0.435. The molecule has 1 aromatic carbocycles. The van der Waals surface area contributed by atoms with Crippen LogP contribution < -0.4 is 9.46 Å². The van der Waals surface area contributed by atoms with Crippen molar-refractivity contribution in [2.24, 2.45) is 5.92 Å². The molecule has 32 heavy (non-hydrogen) atoms. The summed E-state index contributed by atoms with van der Waals surface area (Å²) >= 11 is 0. The molecule has 2 saturated carbocycles. The van der Waals surface area contributed by atoms with Crippen LogP contribution in [0.3, 0.4) is 0 Å². The highest BCUT2D eigenvalue weighted by Gasteiger charge is 2.49. The number of nitrogens with zero attached hydrogens (tertiary/aromatic N) is 1. The van der Waals surface area contributed by atoms with Crippen LogP contribution in [0.15, 0.2) is 40.9 Å². The van der Waals surface area contributed by atoms with E-state index in [1.165, 1.54) is 12.1 Å². The number of fused-ring (bicyclic) bond motifs is 1. The van der Waals surface area contributed by atoms with Crippen molar-refractivity contribution in [2.45, 2.75) is 50.9 Å². The molecular formula is C23H23F3N2O3S. The van der Waals surface area contributed by atoms with E-state index in [-0.39, 0.29) is 17.7 Å². The SMILES string of the molecule is Cc1oc2ccc(OCc3cccnc3C(F)(F)F)cc2c1C1(NS(=O)CC2CC2)CC1. The molecule has 0 saturated heterocycles. The molecule has 0 aliphatic heterocycles. The van der Waals surface area contributed by atoms with Gasteiger partial charge < -0.3 is 9.15 Å². The number of aryl methyl sites for hydroxylation is 1. The zero-order chi connectivity index (χ0) is 22.5. The number of benzene rings is 1. The second-order valence-electron chi connectivity index (χ2n) is 8.63. The smallest absolute Gasteiger partial charge is 0.433 e. The van der Waals surface area contributed by atoms with E-state index in [0.717, 1.165) is 48.6 Å². The molecule has 2 aliphatic rings. The predicted molar refractivity (Wildman–Crippen MR) is 114 cm³/mol. The maximum atomic E-state index is 13.2. The number of ether oxygens (including phenoxy) is 1. The van der Waals surface area contributed by atoms with Gasteiger partial charge in [0.2, 0.25) is 0 Å². The lowest BCUT2D eigenvalue weighted by molar-refractivity contribution is -0.142. The monoisotopic (exact) mass is 464 g/mol. The third-order valence-electron chi connectivity index (χ3n) is 6.01. The number of alkyl halides is 3. The van der Waals surface area contributed by atoms with Crippen LogP contribution in [-0.2, 0) is 29.3 Å². The summed E-state index contributed by atoms with van der Waals surface area (Å²) in [7, 11) is -1.11. The number of furan rings is 1. The van der Waals surface area contributed by atoms with Gasteiger partial charge in [0, 0.05) is 28.5 Å². The minimum atomic E-state index is -4.54. The first-order valence-electron chi connectivity index (χ1n) is 10.6. The Kier molecular flexibility index (Phi) is 5.28. The number of aromatic nitrogens is 1. The Morgan fingerprint density at radius 2 is 2.06 bits per heavy atom. The molecular weight excluding hydrogens is 441 g/mol. The zero-order valence-corrected chi connectivity index (χ0v) is 18.3. The van der Waals surface area contributed by atoms with Gasteiger partial charge in [-0.3, -0.25) is 4.98 Å². The van der Waals surface area contributed by atoms with Crippen molar-refractivity contribution >= 4 is 22.0 Å². The van der Waals surface area contributed by atoms with Crippen molar-refractivity contribution in [1.29, 1.82) is 0 Å². The van der Waals surface area contributed by atoms with Crippen molar-refractivity contribution in [3.05, 3.63) is 59.1 Å². The van der Waals surface area contributed by atoms with Crippen LogP contribution in [-0.4, -0.2) is 14.9 Å². The molecule has 5 nitrogen and oxygen atoms in total. The zero-order valence-electron chi connectivity index (χ0n) is 17.5. The molecule has 0 spiro atoms. The van der Waals surface area contributed by atoms with Gasteiger partial charge in [0.1, 0.15) is 23.7 Å². The first-order chi connectivity index (χ1) is 15.2. The maximum Gasteiger partial charge on any atom is 0.433 e. The summed E-state index contributed by atoms with van der Waals surface area (Å²) in [4.78, 5) is 3.47. The standard InChI is InChI=1S/C23H23F3N2O3S/c1-14-20(22(8-9-22)28-32(29)13-15-4-5-15)18-11-17(6-7-19(18)31-14)30-12-16-3-2-10-27-21(16)23(24,25)26/h2-3,6-7,10-11,15,28H,4-5,8-9,12-13H2,1H3. The highest BCUT2D eigenvalue weighted by Crippen LogP contribution is 2.51. The van der Waals surface area contributed by atoms with E-state index in [4.69, 9.17) is 9.15 Å². The molecule has 170 valence electrons. The molecule has 9 heteroatoms. The van der Waals surface area contributed by atoms with E-state index in [9.17, 15) is 17.4 Å². The molecule has 5 rings (SSSR count). The quantitative estimate of drug-likeness (QED) is 0.486. The summed E-state index contributed by atoms with van der Waals surface area (Å²) in [6.07, 6.45) is 0.569. The lowest BCUT2D eigenvalue weighted by Gasteiger charge is -2.17. The Bertz CT molecular complexity index is 1180. The van der Waals surface area contributed by atoms with Crippen LogP contribution >= 0.6 is 0 Å². The van der Waals surface area contributed by atoms with Gasteiger partial charge in [-0.05, 0) is 62.8 Å². The van der Waals surface area contributed by atoms with Gasteiger partial charge in [-0.15, -0.1) is 0 Å². The molecule has 1 unspecified atom stereocenters. The van der Waals surface area contributed by atoms with E-state index in [1.807, 2.05) is 6.92 Å². The topological polar surface area (TPSA) is 64.4 Å². The molecule has 3 aromatic rings. The molecule has 0 bridgehead atoms. The number of nitrogens with one attached hydrogen (secondary N) is 1. The van der Waals surface area contributed by atoms with Gasteiger partial charge in [-0.25, -0.2) is 8.93 Å². The van der Waals surface area contributed by atoms with Crippen LogP contribution in [0.2, 0.25) is 0 Å². The first kappa shape index (κ1) is 21.5. The van der Waals surface area contributed by atoms with Crippen molar-refractivity contribution in [3.63, 3.8) is 0 Å². The fourth-order valence-corrected chi connectivity index (χ4v) is 5.73. The van der Waals surface area contributed by atoms with Gasteiger partial charge in [-0.1, -0.05) is 6.07 Å². The molecule has 2 aliphatic carbocycles. The summed E-state index contributed by atoms with van der Waals surface area (Å²) in [5, 5.41) is 0.829. The normalized spacial score (nSPS) is 18.6. The minimum Gasteiger partial charge on any atom is -0.489 e. The second kappa shape index (κ2) is 7.88. The lowest BCUT2D eigenvalue weighted by atomic mass is 10.0. The third-order valence-corrected chi connectivity index (χ3v) is 7.40. The van der Waals surface area contributed by atoms with Crippen LogP contribution in [0.4, 0.5) is 13.2 Å². The summed E-state index contributed by atoms with van der Waals surface area (Å²) in [5.41, 5.74) is 0.267. The Labute approximate surface area is 185 Å². The van der Waals surface area contributed by atoms with Crippen molar-refractivity contribution in [3.8, 4) is 5.75 Å². The van der Waals surface area contributed by atoms with E-state index in [1.54, 1.807) is 18.2 Å². The van der Waals surface area contributed by atoms with E-state index >= 15 is 0 Å². The average Bonchev–Trinajstić information content (AvgIpc) is 3.66. The minimum absolute atomic E-state index is 0.0282. The summed E-state index contributed by atoms with van der Waals surface area (Å²) in [5.74, 6) is 2.40. The molecule has 2 aromatic heterocycles. The second-order valence-corrected chi connectivity index (χ2v) is 9.86. The average molecular weight is 465 g/mol. The number of hydrogen-bond acceptors (Lipinski definition) is 4. The first-order valence-corrected chi connectivity index (χ1v) is 11.9. The highest BCUT2D eigenvalue weighted by atomic mass is 32.2. The van der Waals surface area contributed by atoms with Crippen molar-refractivity contribution < 1.29 is 26.5 Å². The molecule has 0 amide bonds. The Hall–Kier alpha value is -2.39. The summed E-state index contributed by atoms with van der Waals surface area (Å²) < 4.78 is 67.1. The van der Waals surface area contributed by atoms with E-state index < -0.39 is 22.9 Å². The van der Waals surface area contributed by atoms with Crippen molar-refractivity contribution in [2.75, 3.05) is 5.75 Å². The van der Waals surface area contributed by atoms with Crippen LogP contribution in [0.5, 0.6) is 5.75 Å². The largest absolute Gasteiger partial charge is 0.489 e. The van der Waals surface area contributed by atoms with Crippen LogP contribution in [0.1, 0.15) is 48.3 Å². The number of rotatable bonds is 8. The van der Waals surface area contributed by atoms with Gasteiger partial charge in [0.15, 0.2) is 5.69 Å².